The van der Waals surface area contributed by atoms with Gasteiger partial charge in [0.15, 0.2) is 0 Å². The molecule has 0 bridgehead atoms. The molecule has 3 N–H and O–H groups in total. The molecule has 338 valence electrons. The number of rotatable bonds is 46. The maximum absolute atomic E-state index is 13.2. The number of hydrogen-bond acceptors (Lipinski definition) is 5. The lowest BCUT2D eigenvalue weighted by Crippen LogP contribution is -2.46. The number of hydrogen-bond donors (Lipinski definition) is 3. The highest BCUT2D eigenvalue weighted by atomic mass is 16.5. The van der Waals surface area contributed by atoms with Gasteiger partial charge in [-0.25, -0.2) is 0 Å². The first-order valence-electron chi connectivity index (χ1n) is 25.4. The molecule has 0 saturated carbocycles. The van der Waals surface area contributed by atoms with E-state index in [0.29, 0.717) is 19.3 Å². The molecule has 0 fully saturated rings. The number of carbonyl (C=O) groups excluding carboxylic acids is 2. The molecule has 6 heteroatoms. The van der Waals surface area contributed by atoms with Crippen LogP contribution >= 0.6 is 0 Å². The smallest absolute Gasteiger partial charge is 0.306 e. The maximum Gasteiger partial charge on any atom is 0.306 e. The minimum atomic E-state index is -0.782. The average Bonchev–Trinajstić information content (AvgIpc) is 3.20. The first-order chi connectivity index (χ1) is 28.0. The molecule has 0 radical (unpaired) electrons. The molecule has 6 nitrogen and oxygen atoms in total. The van der Waals surface area contributed by atoms with Crippen molar-refractivity contribution in [3.05, 3.63) is 12.2 Å². The molecular weight excluding hydrogens is 707 g/mol. The number of aliphatic hydroxyl groups excluding tert-OH is 2. The lowest BCUT2D eigenvalue weighted by molar-refractivity contribution is -0.151. The van der Waals surface area contributed by atoms with Gasteiger partial charge in [0.05, 0.1) is 25.2 Å². The molecule has 0 spiro atoms. The van der Waals surface area contributed by atoms with Crippen molar-refractivity contribution in [2.24, 2.45) is 0 Å². The van der Waals surface area contributed by atoms with Crippen LogP contribution in [0.25, 0.3) is 0 Å². The van der Waals surface area contributed by atoms with Crippen LogP contribution in [0.2, 0.25) is 0 Å². The van der Waals surface area contributed by atoms with E-state index in [0.717, 1.165) is 51.4 Å². The minimum Gasteiger partial charge on any atom is -0.462 e. The number of esters is 1. The molecule has 0 saturated heterocycles. The van der Waals surface area contributed by atoms with Crippen molar-refractivity contribution in [3.63, 3.8) is 0 Å². The highest BCUT2D eigenvalue weighted by Gasteiger charge is 2.24. The third kappa shape index (κ3) is 41.1. The molecular formula is C51H99NO5. The second-order valence-corrected chi connectivity index (χ2v) is 17.6. The van der Waals surface area contributed by atoms with E-state index in [1.165, 1.54) is 180 Å². The molecule has 1 amide bonds. The summed E-state index contributed by atoms with van der Waals surface area (Å²) in [5.74, 6) is -0.469. The van der Waals surface area contributed by atoms with E-state index in [2.05, 4.69) is 38.2 Å². The Bertz CT molecular complexity index is 863. The predicted molar refractivity (Wildman–Crippen MR) is 246 cm³/mol. The topological polar surface area (TPSA) is 95.9 Å². The molecule has 3 unspecified atom stereocenters. The summed E-state index contributed by atoms with van der Waals surface area (Å²) in [6.45, 7) is 6.46. The number of ether oxygens (including phenoxy) is 1. The fourth-order valence-electron chi connectivity index (χ4n) is 7.94. The summed E-state index contributed by atoms with van der Waals surface area (Å²) in [4.78, 5) is 26.1. The fraction of sp³-hybridized carbons (Fsp3) is 0.922. The summed E-state index contributed by atoms with van der Waals surface area (Å²) >= 11 is 0. The van der Waals surface area contributed by atoms with Crippen molar-refractivity contribution < 1.29 is 24.5 Å². The van der Waals surface area contributed by atoms with Crippen LogP contribution in [0, 0.1) is 0 Å². The fourth-order valence-corrected chi connectivity index (χ4v) is 7.94. The highest BCUT2D eigenvalue weighted by molar-refractivity contribution is 5.77. The largest absolute Gasteiger partial charge is 0.462 e. The minimum absolute atomic E-state index is 0.0813. The van der Waals surface area contributed by atoms with Gasteiger partial charge in [-0.2, -0.15) is 0 Å². The third-order valence-electron chi connectivity index (χ3n) is 11.8. The highest BCUT2D eigenvalue weighted by Crippen LogP contribution is 2.18. The van der Waals surface area contributed by atoms with Gasteiger partial charge in [-0.3, -0.25) is 9.59 Å². The van der Waals surface area contributed by atoms with Gasteiger partial charge in [-0.1, -0.05) is 232 Å². The van der Waals surface area contributed by atoms with Gasteiger partial charge in [0, 0.05) is 6.42 Å². The Balaban J connectivity index is 4.54. The Hall–Kier alpha value is -1.40. The lowest BCUT2D eigenvalue weighted by Gasteiger charge is -2.24. The van der Waals surface area contributed by atoms with E-state index in [4.69, 9.17) is 4.74 Å². The number of allylic oxidation sites excluding steroid dienone is 2. The number of unbranched alkanes of at least 4 members (excludes halogenated alkanes) is 32. The van der Waals surface area contributed by atoms with E-state index in [1.807, 2.05) is 0 Å². The zero-order valence-electron chi connectivity index (χ0n) is 38.5. The van der Waals surface area contributed by atoms with Crippen molar-refractivity contribution in [2.45, 2.75) is 296 Å². The third-order valence-corrected chi connectivity index (χ3v) is 11.8. The second-order valence-electron chi connectivity index (χ2n) is 17.6. The normalized spacial score (nSPS) is 13.3. The summed E-state index contributed by atoms with van der Waals surface area (Å²) in [5, 5.41) is 23.7. The summed E-state index contributed by atoms with van der Waals surface area (Å²) in [7, 11) is 0. The van der Waals surface area contributed by atoms with E-state index in [-0.39, 0.29) is 24.9 Å². The molecule has 0 aromatic rings. The second kappa shape index (κ2) is 45.7. The van der Waals surface area contributed by atoms with Crippen LogP contribution in [0.3, 0.4) is 0 Å². The average molecular weight is 806 g/mol. The van der Waals surface area contributed by atoms with Gasteiger partial charge in [-0.15, -0.1) is 0 Å². The lowest BCUT2D eigenvalue weighted by atomic mass is 10.0. The first-order valence-corrected chi connectivity index (χ1v) is 25.4. The molecule has 0 aliphatic carbocycles. The molecule has 0 aromatic carbocycles. The number of aliphatic hydroxyl groups is 2. The van der Waals surface area contributed by atoms with E-state index in [9.17, 15) is 19.8 Å². The molecule has 0 aliphatic heterocycles. The standard InChI is InChI=1S/C51H99NO5/c1-4-7-10-13-16-19-22-24-25-26-28-30-33-36-39-42-47(57-51(56)44-41-38-35-32-27-21-18-15-12-9-6-3)45-50(55)52-48(46-53)49(54)43-40-37-34-31-29-23-20-17-14-11-8-5-2/h15,18,47-49,53-54H,4-14,16-17,19-46H2,1-3H3,(H,52,55)/b18-15-. The SMILES string of the molecule is CCCC/C=C\CCCCCCCC(=O)OC(CCCCCCCCCCCCCCCCC)CC(=O)NC(CO)C(O)CCCCCCCCCCCCCC. The molecule has 3 atom stereocenters. The van der Waals surface area contributed by atoms with Crippen molar-refractivity contribution in [1.29, 1.82) is 0 Å². The number of nitrogens with one attached hydrogen (secondary N) is 1. The monoisotopic (exact) mass is 806 g/mol. The Morgan fingerprint density at radius 1 is 0.491 bits per heavy atom. The Kier molecular flexibility index (Phi) is 44.6. The van der Waals surface area contributed by atoms with Crippen LogP contribution < -0.4 is 5.32 Å². The Morgan fingerprint density at radius 2 is 0.860 bits per heavy atom. The van der Waals surface area contributed by atoms with Crippen LogP contribution in [0.5, 0.6) is 0 Å². The first kappa shape index (κ1) is 55.6. The molecule has 57 heavy (non-hydrogen) atoms. The van der Waals surface area contributed by atoms with Gasteiger partial charge >= 0.3 is 5.97 Å². The van der Waals surface area contributed by atoms with Crippen molar-refractivity contribution in [2.75, 3.05) is 6.61 Å². The van der Waals surface area contributed by atoms with Crippen LogP contribution in [-0.2, 0) is 14.3 Å². The zero-order valence-corrected chi connectivity index (χ0v) is 38.5. The summed E-state index contributed by atoms with van der Waals surface area (Å²) in [6, 6.07) is -0.695. The Morgan fingerprint density at radius 3 is 1.30 bits per heavy atom. The predicted octanol–water partition coefficient (Wildman–Crippen LogP) is 15.0. The van der Waals surface area contributed by atoms with E-state index in [1.54, 1.807) is 0 Å². The number of amides is 1. The number of carbonyl (C=O) groups is 2. The van der Waals surface area contributed by atoms with Crippen molar-refractivity contribution >= 4 is 11.9 Å². The molecule has 0 rings (SSSR count). The quantitative estimate of drug-likeness (QED) is 0.0323. The summed E-state index contributed by atoms with van der Waals surface area (Å²) in [5.41, 5.74) is 0. The van der Waals surface area contributed by atoms with Gasteiger partial charge < -0.3 is 20.3 Å². The van der Waals surface area contributed by atoms with Crippen LogP contribution in [0.15, 0.2) is 12.2 Å². The zero-order chi connectivity index (χ0) is 41.7. The molecule has 0 aliphatic rings. The molecule has 0 heterocycles. The van der Waals surface area contributed by atoms with E-state index >= 15 is 0 Å². The van der Waals surface area contributed by atoms with Crippen LogP contribution in [0.4, 0.5) is 0 Å². The maximum atomic E-state index is 13.2. The van der Waals surface area contributed by atoms with Gasteiger partial charge in [0.1, 0.15) is 6.10 Å². The molecule has 0 aromatic heterocycles. The Labute approximate surface area is 355 Å². The van der Waals surface area contributed by atoms with Gasteiger partial charge in [0.2, 0.25) is 5.91 Å². The van der Waals surface area contributed by atoms with Crippen molar-refractivity contribution in [3.8, 4) is 0 Å². The van der Waals surface area contributed by atoms with Crippen LogP contribution in [-0.4, -0.2) is 46.9 Å². The van der Waals surface area contributed by atoms with E-state index < -0.39 is 18.2 Å². The summed E-state index contributed by atoms with van der Waals surface area (Å²) < 4.78 is 5.92. The summed E-state index contributed by atoms with van der Waals surface area (Å²) in [6.07, 6.45) is 49.8. The van der Waals surface area contributed by atoms with Crippen molar-refractivity contribution in [1.82, 2.24) is 5.32 Å². The van der Waals surface area contributed by atoms with Crippen LogP contribution in [0.1, 0.15) is 278 Å². The van der Waals surface area contributed by atoms with Gasteiger partial charge in [-0.05, 0) is 44.9 Å². The van der Waals surface area contributed by atoms with Gasteiger partial charge in [0.25, 0.3) is 0 Å².